The van der Waals surface area contributed by atoms with Gasteiger partial charge in [0, 0.05) is 12.6 Å². The summed E-state index contributed by atoms with van der Waals surface area (Å²) in [6.07, 6.45) is 0. The summed E-state index contributed by atoms with van der Waals surface area (Å²) >= 11 is 0. The molecule has 0 saturated heterocycles. The van der Waals surface area contributed by atoms with Gasteiger partial charge in [0.15, 0.2) is 11.5 Å². The van der Waals surface area contributed by atoms with E-state index in [0.29, 0.717) is 11.8 Å². The number of nitrogens with zero attached hydrogens (tertiary/aromatic N) is 1. The highest BCUT2D eigenvalue weighted by molar-refractivity contribution is 5.41. The fraction of sp³-hybridized carbons (Fsp3) is 0.538. The van der Waals surface area contributed by atoms with Crippen LogP contribution in [0.1, 0.15) is 26.3 Å². The number of hydrogen-bond acceptors (Lipinski definition) is 3. The molecule has 0 aliphatic rings. The minimum atomic E-state index is 0.193. The Labute approximate surface area is 97.7 Å². The average Bonchev–Trinajstić information content (AvgIpc) is 2.27. The van der Waals surface area contributed by atoms with Crippen molar-refractivity contribution in [1.29, 1.82) is 0 Å². The highest BCUT2D eigenvalue weighted by Gasteiger charge is 2.09. The van der Waals surface area contributed by atoms with Crippen molar-refractivity contribution in [1.82, 2.24) is 4.90 Å². The summed E-state index contributed by atoms with van der Waals surface area (Å²) in [5.74, 6) is 0.733. The number of phenols is 1. The first-order chi connectivity index (χ1) is 7.58. The Morgan fingerprint density at radius 2 is 2.06 bits per heavy atom. The van der Waals surface area contributed by atoms with E-state index in [1.807, 2.05) is 12.1 Å². The molecule has 0 atom stereocenters. The molecule has 0 bridgehead atoms. The lowest BCUT2D eigenvalue weighted by atomic mass is 10.1. The van der Waals surface area contributed by atoms with Crippen LogP contribution >= 0.6 is 0 Å². The number of hydrogen-bond donors (Lipinski definition) is 1. The van der Waals surface area contributed by atoms with E-state index in [1.54, 1.807) is 13.2 Å². The molecule has 0 aliphatic heterocycles. The van der Waals surface area contributed by atoms with Crippen LogP contribution in [0, 0.1) is 0 Å². The number of rotatable bonds is 5. The average molecular weight is 223 g/mol. The zero-order chi connectivity index (χ0) is 12.1. The molecule has 16 heavy (non-hydrogen) atoms. The van der Waals surface area contributed by atoms with Gasteiger partial charge >= 0.3 is 0 Å². The molecule has 3 nitrogen and oxygen atoms in total. The predicted molar refractivity (Wildman–Crippen MR) is 65.9 cm³/mol. The molecule has 0 heterocycles. The molecule has 0 aromatic heterocycles. The van der Waals surface area contributed by atoms with Crippen molar-refractivity contribution in [2.45, 2.75) is 33.4 Å². The quantitative estimate of drug-likeness (QED) is 0.833. The minimum absolute atomic E-state index is 0.193. The number of ether oxygens (including phenoxy) is 1. The smallest absolute Gasteiger partial charge is 0.160 e. The molecule has 1 rings (SSSR count). The van der Waals surface area contributed by atoms with Gasteiger partial charge in [-0.25, -0.2) is 0 Å². The van der Waals surface area contributed by atoms with Crippen LogP contribution in [0.3, 0.4) is 0 Å². The molecule has 0 radical (unpaired) electrons. The lowest BCUT2D eigenvalue weighted by Gasteiger charge is -2.24. The van der Waals surface area contributed by atoms with E-state index in [-0.39, 0.29) is 5.75 Å². The second kappa shape index (κ2) is 5.75. The lowest BCUT2D eigenvalue weighted by molar-refractivity contribution is 0.224. The Bertz CT molecular complexity index is 337. The number of benzene rings is 1. The Morgan fingerprint density at radius 3 is 2.56 bits per heavy atom. The van der Waals surface area contributed by atoms with Crippen molar-refractivity contribution in [3.8, 4) is 11.5 Å². The second-order valence-electron chi connectivity index (χ2n) is 4.16. The zero-order valence-corrected chi connectivity index (χ0v) is 10.5. The molecular weight excluding hydrogens is 202 g/mol. The van der Waals surface area contributed by atoms with E-state index in [1.165, 1.54) is 0 Å². The third-order valence-electron chi connectivity index (χ3n) is 2.77. The van der Waals surface area contributed by atoms with E-state index in [9.17, 15) is 5.11 Å². The van der Waals surface area contributed by atoms with Crippen molar-refractivity contribution >= 4 is 0 Å². The highest BCUT2D eigenvalue weighted by atomic mass is 16.5. The predicted octanol–water partition coefficient (Wildman–Crippen LogP) is 2.63. The van der Waals surface area contributed by atoms with E-state index in [4.69, 9.17) is 4.74 Å². The lowest BCUT2D eigenvalue weighted by Crippen LogP contribution is -2.29. The largest absolute Gasteiger partial charge is 0.504 e. The molecule has 0 aliphatic carbocycles. The first-order valence-electron chi connectivity index (χ1n) is 5.68. The first kappa shape index (κ1) is 12.8. The molecule has 0 fully saturated rings. The van der Waals surface area contributed by atoms with Crippen molar-refractivity contribution in [2.24, 2.45) is 0 Å². The Hall–Kier alpha value is -1.22. The van der Waals surface area contributed by atoms with Gasteiger partial charge in [0.25, 0.3) is 0 Å². The summed E-state index contributed by atoms with van der Waals surface area (Å²) in [6, 6.07) is 6.02. The number of aromatic hydroxyl groups is 1. The van der Waals surface area contributed by atoms with Crippen molar-refractivity contribution < 1.29 is 9.84 Å². The fourth-order valence-electron chi connectivity index (χ4n) is 1.71. The van der Waals surface area contributed by atoms with Crippen LogP contribution in [0.2, 0.25) is 0 Å². The van der Waals surface area contributed by atoms with Gasteiger partial charge in [0.2, 0.25) is 0 Å². The molecule has 0 unspecified atom stereocenters. The standard InChI is InChI=1S/C13H21NO2/c1-5-14(10(2)3)9-11-6-7-12(15)13(8-11)16-4/h6-8,10,15H,5,9H2,1-4H3. The van der Waals surface area contributed by atoms with Gasteiger partial charge in [-0.15, -0.1) is 0 Å². The molecule has 0 amide bonds. The van der Waals surface area contributed by atoms with Gasteiger partial charge in [-0.1, -0.05) is 13.0 Å². The Morgan fingerprint density at radius 1 is 1.38 bits per heavy atom. The number of methoxy groups -OCH3 is 1. The zero-order valence-electron chi connectivity index (χ0n) is 10.5. The minimum Gasteiger partial charge on any atom is -0.504 e. The van der Waals surface area contributed by atoms with Crippen LogP contribution in [0.4, 0.5) is 0 Å². The summed E-state index contributed by atoms with van der Waals surface area (Å²) in [5.41, 5.74) is 1.16. The molecule has 1 aromatic rings. The Balaban J connectivity index is 2.80. The number of phenolic OH excluding ortho intramolecular Hbond substituents is 1. The van der Waals surface area contributed by atoms with E-state index < -0.39 is 0 Å². The summed E-state index contributed by atoms with van der Waals surface area (Å²) in [5, 5.41) is 9.50. The van der Waals surface area contributed by atoms with Crippen molar-refractivity contribution in [3.63, 3.8) is 0 Å². The van der Waals surface area contributed by atoms with Crippen molar-refractivity contribution in [3.05, 3.63) is 23.8 Å². The second-order valence-corrected chi connectivity index (χ2v) is 4.16. The van der Waals surface area contributed by atoms with Crippen LogP contribution < -0.4 is 4.74 Å². The van der Waals surface area contributed by atoms with E-state index >= 15 is 0 Å². The summed E-state index contributed by atoms with van der Waals surface area (Å²) in [7, 11) is 1.57. The maximum atomic E-state index is 9.50. The normalized spacial score (nSPS) is 11.1. The topological polar surface area (TPSA) is 32.7 Å². The molecule has 3 heteroatoms. The maximum Gasteiger partial charge on any atom is 0.160 e. The van der Waals surface area contributed by atoms with Gasteiger partial charge in [-0.3, -0.25) is 4.90 Å². The van der Waals surface area contributed by atoms with Gasteiger partial charge in [-0.05, 0) is 38.1 Å². The maximum absolute atomic E-state index is 9.50. The van der Waals surface area contributed by atoms with Crippen LogP contribution in [0.15, 0.2) is 18.2 Å². The van der Waals surface area contributed by atoms with Crippen LogP contribution in [0.5, 0.6) is 11.5 Å². The Kier molecular flexibility index (Phi) is 4.62. The summed E-state index contributed by atoms with van der Waals surface area (Å²) < 4.78 is 5.09. The van der Waals surface area contributed by atoms with Crippen LogP contribution in [0.25, 0.3) is 0 Å². The highest BCUT2D eigenvalue weighted by Crippen LogP contribution is 2.26. The molecular formula is C13H21NO2. The fourth-order valence-corrected chi connectivity index (χ4v) is 1.71. The van der Waals surface area contributed by atoms with Crippen molar-refractivity contribution in [2.75, 3.05) is 13.7 Å². The molecule has 90 valence electrons. The van der Waals surface area contributed by atoms with Gasteiger partial charge < -0.3 is 9.84 Å². The molecule has 0 spiro atoms. The first-order valence-corrected chi connectivity index (χ1v) is 5.68. The van der Waals surface area contributed by atoms with E-state index in [0.717, 1.165) is 18.7 Å². The molecule has 1 N–H and O–H groups in total. The monoisotopic (exact) mass is 223 g/mol. The van der Waals surface area contributed by atoms with E-state index in [2.05, 4.69) is 25.7 Å². The van der Waals surface area contributed by atoms with Crippen LogP contribution in [-0.4, -0.2) is 29.7 Å². The summed E-state index contributed by atoms with van der Waals surface area (Å²) in [4.78, 5) is 2.35. The van der Waals surface area contributed by atoms with Gasteiger partial charge in [0.1, 0.15) is 0 Å². The summed E-state index contributed by atoms with van der Waals surface area (Å²) in [6.45, 7) is 8.41. The van der Waals surface area contributed by atoms with Crippen LogP contribution in [-0.2, 0) is 6.54 Å². The molecule has 0 saturated carbocycles. The third-order valence-corrected chi connectivity index (χ3v) is 2.77. The third kappa shape index (κ3) is 3.14. The SMILES string of the molecule is CCN(Cc1ccc(O)c(OC)c1)C(C)C. The van der Waals surface area contributed by atoms with Gasteiger partial charge in [0.05, 0.1) is 7.11 Å². The molecule has 1 aromatic carbocycles. The van der Waals surface area contributed by atoms with Gasteiger partial charge in [-0.2, -0.15) is 0 Å².